The highest BCUT2D eigenvalue weighted by Crippen LogP contribution is 2.12. The first-order valence-corrected chi connectivity index (χ1v) is 4.59. The molecule has 17 heavy (non-hydrogen) atoms. The van der Waals surface area contributed by atoms with E-state index >= 15 is 0 Å². The molecule has 0 aliphatic heterocycles. The van der Waals surface area contributed by atoms with Gasteiger partial charge in [0.05, 0.1) is 5.69 Å². The van der Waals surface area contributed by atoms with Gasteiger partial charge in [-0.15, -0.1) is 5.10 Å². The summed E-state index contributed by atoms with van der Waals surface area (Å²) < 4.78 is 0.978. The lowest BCUT2D eigenvalue weighted by atomic mass is 10.3. The molecular formula is C10H7N3O4. The molecule has 2 N–H and O–H groups in total. The average Bonchev–Trinajstić information content (AvgIpc) is 2.74. The van der Waals surface area contributed by atoms with E-state index in [0.29, 0.717) is 5.69 Å². The molecule has 1 aromatic carbocycles. The zero-order chi connectivity index (χ0) is 12.4. The van der Waals surface area contributed by atoms with E-state index in [4.69, 9.17) is 10.2 Å². The third-order valence-electron chi connectivity index (χ3n) is 2.08. The maximum Gasteiger partial charge on any atom is 0.359 e. The molecule has 1 aromatic heterocycles. The quantitative estimate of drug-likeness (QED) is 0.806. The first-order chi connectivity index (χ1) is 8.11. The molecule has 1 heterocycles. The van der Waals surface area contributed by atoms with E-state index in [2.05, 4.69) is 10.3 Å². The van der Waals surface area contributed by atoms with E-state index in [0.717, 1.165) is 4.68 Å². The first-order valence-electron chi connectivity index (χ1n) is 4.59. The van der Waals surface area contributed by atoms with Gasteiger partial charge in [0.15, 0.2) is 5.69 Å². The number of hydrogen-bond acceptors (Lipinski definition) is 4. The van der Waals surface area contributed by atoms with Gasteiger partial charge in [-0.2, -0.15) is 0 Å². The lowest BCUT2D eigenvalue weighted by molar-refractivity contribution is 0.0642. The first kappa shape index (κ1) is 10.8. The summed E-state index contributed by atoms with van der Waals surface area (Å²) in [5.74, 6) is -2.82. The lowest BCUT2D eigenvalue weighted by Gasteiger charge is -2.02. The zero-order valence-electron chi connectivity index (χ0n) is 8.44. The van der Waals surface area contributed by atoms with Crippen LogP contribution >= 0.6 is 0 Å². The van der Waals surface area contributed by atoms with Gasteiger partial charge in [-0.3, -0.25) is 0 Å². The van der Waals surface area contributed by atoms with Crippen LogP contribution in [0.4, 0.5) is 0 Å². The Hall–Kier alpha value is -2.70. The third-order valence-corrected chi connectivity index (χ3v) is 2.08. The molecule has 0 aliphatic rings. The Morgan fingerprint density at radius 2 is 1.71 bits per heavy atom. The van der Waals surface area contributed by atoms with Crippen LogP contribution in [0.2, 0.25) is 0 Å². The summed E-state index contributed by atoms with van der Waals surface area (Å²) >= 11 is 0. The van der Waals surface area contributed by atoms with Crippen LogP contribution in [0.3, 0.4) is 0 Å². The molecule has 7 nitrogen and oxygen atoms in total. The second-order valence-electron chi connectivity index (χ2n) is 3.14. The zero-order valence-corrected chi connectivity index (χ0v) is 8.44. The van der Waals surface area contributed by atoms with E-state index in [-0.39, 0.29) is 0 Å². The molecule has 0 saturated heterocycles. The second-order valence-corrected chi connectivity index (χ2v) is 3.14. The lowest BCUT2D eigenvalue weighted by Crippen LogP contribution is -2.12. The van der Waals surface area contributed by atoms with Gasteiger partial charge in [0.25, 0.3) is 0 Å². The van der Waals surface area contributed by atoms with Crippen LogP contribution in [-0.4, -0.2) is 37.1 Å². The molecule has 0 radical (unpaired) electrons. The average molecular weight is 233 g/mol. The van der Waals surface area contributed by atoms with Crippen molar-refractivity contribution in [1.29, 1.82) is 0 Å². The monoisotopic (exact) mass is 233 g/mol. The summed E-state index contributed by atoms with van der Waals surface area (Å²) in [6.45, 7) is 0. The fraction of sp³-hybridized carbons (Fsp3) is 0. The van der Waals surface area contributed by atoms with Gasteiger partial charge in [0, 0.05) is 0 Å². The van der Waals surface area contributed by atoms with Crippen LogP contribution in [0.5, 0.6) is 0 Å². The van der Waals surface area contributed by atoms with Crippen molar-refractivity contribution in [2.75, 3.05) is 0 Å². The summed E-state index contributed by atoms with van der Waals surface area (Å²) in [4.78, 5) is 21.8. The molecule has 0 bridgehead atoms. The maximum atomic E-state index is 11.0. The standard InChI is InChI=1S/C10H7N3O4/c14-9(15)7-8(10(16)17)13(12-11-7)6-4-2-1-3-5-6/h1-5H,(H,14,15)(H,16,17). The molecule has 0 aliphatic carbocycles. The van der Waals surface area contributed by atoms with Crippen molar-refractivity contribution in [3.8, 4) is 5.69 Å². The van der Waals surface area contributed by atoms with Crippen molar-refractivity contribution in [2.24, 2.45) is 0 Å². The number of carboxylic acid groups (broad SMARTS) is 2. The van der Waals surface area contributed by atoms with Crippen LogP contribution in [0.25, 0.3) is 5.69 Å². The van der Waals surface area contributed by atoms with E-state index in [9.17, 15) is 9.59 Å². The highest BCUT2D eigenvalue weighted by atomic mass is 16.4. The van der Waals surface area contributed by atoms with E-state index in [1.54, 1.807) is 30.3 Å². The van der Waals surface area contributed by atoms with E-state index in [1.807, 2.05) is 0 Å². The predicted octanol–water partition coefficient (Wildman–Crippen LogP) is 0.664. The number of carbonyl (C=O) groups is 2. The van der Waals surface area contributed by atoms with Crippen molar-refractivity contribution >= 4 is 11.9 Å². The molecule has 0 unspecified atom stereocenters. The van der Waals surface area contributed by atoms with Crippen LogP contribution in [0.15, 0.2) is 30.3 Å². The second kappa shape index (κ2) is 4.05. The van der Waals surface area contributed by atoms with Crippen molar-refractivity contribution < 1.29 is 19.8 Å². The Labute approximate surface area is 94.9 Å². The predicted molar refractivity (Wildman–Crippen MR) is 55.3 cm³/mol. The third kappa shape index (κ3) is 1.85. The van der Waals surface area contributed by atoms with Crippen molar-refractivity contribution in [2.45, 2.75) is 0 Å². The van der Waals surface area contributed by atoms with Gasteiger partial charge in [-0.05, 0) is 12.1 Å². The SMILES string of the molecule is O=C(O)c1nnn(-c2ccccc2)c1C(=O)O. The van der Waals surface area contributed by atoms with Gasteiger partial charge < -0.3 is 10.2 Å². The van der Waals surface area contributed by atoms with Gasteiger partial charge in [-0.25, -0.2) is 14.3 Å². The topological polar surface area (TPSA) is 105 Å². The number of carboxylic acids is 2. The van der Waals surface area contributed by atoms with Crippen molar-refractivity contribution in [3.63, 3.8) is 0 Å². The Kier molecular flexibility index (Phi) is 2.57. The summed E-state index contributed by atoms with van der Waals surface area (Å²) in [7, 11) is 0. The van der Waals surface area contributed by atoms with Crippen LogP contribution < -0.4 is 0 Å². The van der Waals surface area contributed by atoms with Crippen molar-refractivity contribution in [1.82, 2.24) is 15.0 Å². The number of aromatic nitrogens is 3. The molecule has 0 amide bonds. The Morgan fingerprint density at radius 1 is 1.06 bits per heavy atom. The Balaban J connectivity index is 2.64. The summed E-state index contributed by atoms with van der Waals surface area (Å²) in [5.41, 5.74) is -0.616. The minimum absolute atomic E-state index is 0.435. The molecule has 0 atom stereocenters. The van der Waals surface area contributed by atoms with E-state index in [1.165, 1.54) is 0 Å². The number of rotatable bonds is 3. The minimum atomic E-state index is -1.43. The Morgan fingerprint density at radius 3 is 2.24 bits per heavy atom. The summed E-state index contributed by atoms with van der Waals surface area (Å²) in [5, 5.41) is 24.7. The number of hydrogen-bond donors (Lipinski definition) is 2. The number of aromatic carboxylic acids is 2. The normalized spacial score (nSPS) is 10.1. The van der Waals surface area contributed by atoms with E-state index < -0.39 is 23.3 Å². The number of para-hydroxylation sites is 1. The molecule has 86 valence electrons. The number of benzene rings is 1. The van der Waals surface area contributed by atoms with Gasteiger partial charge in [0.2, 0.25) is 5.69 Å². The summed E-state index contributed by atoms with van der Waals surface area (Å²) in [6.07, 6.45) is 0. The van der Waals surface area contributed by atoms with Crippen LogP contribution in [-0.2, 0) is 0 Å². The highest BCUT2D eigenvalue weighted by molar-refractivity contribution is 5.99. The van der Waals surface area contributed by atoms with Crippen LogP contribution in [0.1, 0.15) is 21.0 Å². The van der Waals surface area contributed by atoms with Crippen molar-refractivity contribution in [3.05, 3.63) is 41.7 Å². The fourth-order valence-corrected chi connectivity index (χ4v) is 1.37. The largest absolute Gasteiger partial charge is 0.476 e. The maximum absolute atomic E-state index is 11.0. The highest BCUT2D eigenvalue weighted by Gasteiger charge is 2.25. The smallest absolute Gasteiger partial charge is 0.359 e. The van der Waals surface area contributed by atoms with Gasteiger partial charge in [0.1, 0.15) is 0 Å². The molecule has 7 heteroatoms. The number of nitrogens with zero attached hydrogens (tertiary/aromatic N) is 3. The Bertz CT molecular complexity index is 576. The molecule has 2 aromatic rings. The molecule has 2 rings (SSSR count). The van der Waals surface area contributed by atoms with Crippen LogP contribution in [0, 0.1) is 0 Å². The molecular weight excluding hydrogens is 226 g/mol. The molecule has 0 saturated carbocycles. The molecule has 0 spiro atoms. The van der Waals surface area contributed by atoms with Gasteiger partial charge >= 0.3 is 11.9 Å². The van der Waals surface area contributed by atoms with Gasteiger partial charge in [-0.1, -0.05) is 23.4 Å². The minimum Gasteiger partial charge on any atom is -0.476 e. The summed E-state index contributed by atoms with van der Waals surface area (Å²) in [6, 6.07) is 8.32. The molecule has 0 fully saturated rings. The fourth-order valence-electron chi connectivity index (χ4n) is 1.37.